The number of carbonyl (C=O) groups excluding carboxylic acids is 1. The smallest absolute Gasteiger partial charge is 0.338 e. The van der Waals surface area contributed by atoms with Crippen molar-refractivity contribution in [1.82, 2.24) is 0 Å². The molecular formula is C25H39N3O3. The molecule has 0 fully saturated rings. The Morgan fingerprint density at radius 1 is 1.03 bits per heavy atom. The molecule has 172 valence electrons. The highest BCUT2D eigenvalue weighted by atomic mass is 16.5. The molecule has 1 aromatic carbocycles. The first-order valence-electron chi connectivity index (χ1n) is 11.8. The second-order valence-corrected chi connectivity index (χ2v) is 7.98. The van der Waals surface area contributed by atoms with Crippen LogP contribution in [0, 0.1) is 0 Å². The number of aliphatic hydroxyl groups excluding tert-OH is 1. The summed E-state index contributed by atoms with van der Waals surface area (Å²) in [5, 5.41) is 13.8. The number of aliphatic hydroxyl groups is 1. The fraction of sp³-hybridized carbons (Fsp3) is 0.640. The lowest BCUT2D eigenvalue weighted by atomic mass is 10.0. The molecule has 0 aromatic heterocycles. The quantitative estimate of drug-likeness (QED) is 0.0670. The molecule has 0 saturated carbocycles. The molecule has 0 aliphatic rings. The zero-order chi connectivity index (χ0) is 22.6. The van der Waals surface area contributed by atoms with Gasteiger partial charge in [0.15, 0.2) is 0 Å². The number of unbranched alkanes of at least 4 members (excludes halogenated alkanes) is 11. The van der Waals surface area contributed by atoms with E-state index in [4.69, 9.17) is 10.3 Å². The first-order valence-corrected chi connectivity index (χ1v) is 11.8. The van der Waals surface area contributed by atoms with Crippen LogP contribution >= 0.6 is 0 Å². The predicted octanol–water partition coefficient (Wildman–Crippen LogP) is 7.14. The van der Waals surface area contributed by atoms with E-state index in [0.29, 0.717) is 5.56 Å². The third-order valence-corrected chi connectivity index (χ3v) is 5.30. The summed E-state index contributed by atoms with van der Waals surface area (Å²) in [5.41, 5.74) is 9.15. The van der Waals surface area contributed by atoms with Gasteiger partial charge in [0.1, 0.15) is 12.6 Å². The fourth-order valence-corrected chi connectivity index (χ4v) is 3.38. The number of rotatable bonds is 18. The molecule has 6 heteroatoms. The second kappa shape index (κ2) is 18.5. The maximum atomic E-state index is 12.0. The fourth-order valence-electron chi connectivity index (χ4n) is 3.38. The molecule has 1 aromatic rings. The zero-order valence-corrected chi connectivity index (χ0v) is 19.0. The third kappa shape index (κ3) is 13.6. The van der Waals surface area contributed by atoms with Gasteiger partial charge in [0.05, 0.1) is 11.7 Å². The summed E-state index contributed by atoms with van der Waals surface area (Å²) in [5.74, 6) is -0.504. The number of ether oxygens (including phenoxy) is 1. The van der Waals surface area contributed by atoms with Crippen LogP contribution in [0.15, 0.2) is 47.6 Å². The maximum absolute atomic E-state index is 12.0. The zero-order valence-electron chi connectivity index (χ0n) is 19.0. The molecule has 1 rings (SSSR count). The highest BCUT2D eigenvalue weighted by molar-refractivity contribution is 5.89. The number of benzene rings is 1. The summed E-state index contributed by atoms with van der Waals surface area (Å²) >= 11 is 0. The van der Waals surface area contributed by atoms with Crippen LogP contribution in [0.3, 0.4) is 0 Å². The Labute approximate surface area is 187 Å². The lowest BCUT2D eigenvalue weighted by Gasteiger charge is -2.15. The Kier molecular flexibility index (Phi) is 15.9. The van der Waals surface area contributed by atoms with Crippen LogP contribution in [0.4, 0.5) is 0 Å². The highest BCUT2D eigenvalue weighted by Crippen LogP contribution is 2.12. The van der Waals surface area contributed by atoms with Gasteiger partial charge in [0.25, 0.3) is 0 Å². The lowest BCUT2D eigenvalue weighted by Crippen LogP contribution is -2.28. The van der Waals surface area contributed by atoms with Crippen molar-refractivity contribution in [2.24, 2.45) is 5.11 Å². The Morgan fingerprint density at radius 3 is 2.19 bits per heavy atom. The summed E-state index contributed by atoms with van der Waals surface area (Å²) in [6.07, 6.45) is 17.7. The molecule has 0 saturated heterocycles. The number of esters is 1. The largest absolute Gasteiger partial charge is 0.462 e. The number of hydrogen-bond acceptors (Lipinski definition) is 4. The average Bonchev–Trinajstić information content (AvgIpc) is 2.79. The molecule has 2 atom stereocenters. The van der Waals surface area contributed by atoms with Crippen LogP contribution in [0.5, 0.6) is 0 Å². The summed E-state index contributed by atoms with van der Waals surface area (Å²) in [6, 6.07) is 7.75. The summed E-state index contributed by atoms with van der Waals surface area (Å²) in [7, 11) is 0. The minimum atomic E-state index is -0.979. The molecule has 0 bridgehead atoms. The molecule has 0 spiro atoms. The molecular weight excluding hydrogens is 390 g/mol. The van der Waals surface area contributed by atoms with Gasteiger partial charge < -0.3 is 9.84 Å². The van der Waals surface area contributed by atoms with Gasteiger partial charge >= 0.3 is 5.97 Å². The minimum Gasteiger partial charge on any atom is -0.462 e. The second-order valence-electron chi connectivity index (χ2n) is 7.98. The number of carbonyl (C=O) groups is 1. The minimum absolute atomic E-state index is 0.165. The van der Waals surface area contributed by atoms with Crippen molar-refractivity contribution < 1.29 is 14.6 Å². The number of nitrogens with zero attached hydrogens (tertiary/aromatic N) is 3. The first kappa shape index (κ1) is 26.7. The number of azide groups is 1. The summed E-state index contributed by atoms with van der Waals surface area (Å²) < 4.78 is 5.19. The molecule has 0 radical (unpaired) electrons. The van der Waals surface area contributed by atoms with Gasteiger partial charge in [0.2, 0.25) is 0 Å². The van der Waals surface area contributed by atoms with E-state index in [1.807, 2.05) is 12.1 Å². The van der Waals surface area contributed by atoms with Gasteiger partial charge in [-0.1, -0.05) is 107 Å². The molecule has 0 aliphatic heterocycles. The number of allylic oxidation sites excluding steroid dienone is 1. The van der Waals surface area contributed by atoms with Gasteiger partial charge in [-0.15, -0.1) is 0 Å². The van der Waals surface area contributed by atoms with Crippen LogP contribution in [0.1, 0.15) is 94.3 Å². The van der Waals surface area contributed by atoms with E-state index in [2.05, 4.69) is 16.9 Å². The van der Waals surface area contributed by atoms with E-state index >= 15 is 0 Å². The van der Waals surface area contributed by atoms with Crippen LogP contribution in [-0.2, 0) is 4.74 Å². The Bertz CT molecular complexity index is 657. The van der Waals surface area contributed by atoms with Crippen molar-refractivity contribution in [2.75, 3.05) is 6.61 Å². The Hall–Kier alpha value is -2.30. The van der Waals surface area contributed by atoms with Crippen LogP contribution in [0.25, 0.3) is 10.4 Å². The van der Waals surface area contributed by atoms with E-state index < -0.39 is 18.1 Å². The lowest BCUT2D eigenvalue weighted by molar-refractivity contribution is 0.0418. The van der Waals surface area contributed by atoms with Crippen molar-refractivity contribution in [3.05, 3.63) is 58.5 Å². The van der Waals surface area contributed by atoms with Crippen molar-refractivity contribution in [3.63, 3.8) is 0 Å². The van der Waals surface area contributed by atoms with Gasteiger partial charge in [-0.25, -0.2) is 4.79 Å². The van der Waals surface area contributed by atoms with E-state index in [9.17, 15) is 9.90 Å². The van der Waals surface area contributed by atoms with E-state index in [1.54, 1.807) is 30.3 Å². The Morgan fingerprint density at radius 2 is 1.61 bits per heavy atom. The van der Waals surface area contributed by atoms with Gasteiger partial charge in [-0.05, 0) is 30.5 Å². The third-order valence-electron chi connectivity index (χ3n) is 5.30. The molecule has 6 nitrogen and oxygen atoms in total. The van der Waals surface area contributed by atoms with Crippen molar-refractivity contribution in [2.45, 2.75) is 96.1 Å². The van der Waals surface area contributed by atoms with Crippen LogP contribution in [-0.4, -0.2) is 29.8 Å². The Balaban J connectivity index is 2.16. The normalized spacial score (nSPS) is 13.0. The first-order chi connectivity index (χ1) is 15.2. The summed E-state index contributed by atoms with van der Waals surface area (Å²) in [4.78, 5) is 14.8. The van der Waals surface area contributed by atoms with Crippen LogP contribution in [0.2, 0.25) is 0 Å². The van der Waals surface area contributed by atoms with E-state index in [-0.39, 0.29) is 6.61 Å². The van der Waals surface area contributed by atoms with Crippen molar-refractivity contribution in [3.8, 4) is 0 Å². The number of hydrogen-bond donors (Lipinski definition) is 1. The monoisotopic (exact) mass is 429 g/mol. The average molecular weight is 430 g/mol. The van der Waals surface area contributed by atoms with Gasteiger partial charge in [0, 0.05) is 4.91 Å². The SMILES string of the molecule is CCCCCCCCCCCCCC=C[C@@H](O)[C@H](COC(=O)c1ccccc1)N=[N+]=[N-]. The van der Waals surface area contributed by atoms with Crippen LogP contribution < -0.4 is 0 Å². The topological polar surface area (TPSA) is 95.3 Å². The van der Waals surface area contributed by atoms with Gasteiger partial charge in [-0.3, -0.25) is 0 Å². The van der Waals surface area contributed by atoms with E-state index in [0.717, 1.165) is 12.8 Å². The van der Waals surface area contributed by atoms with Crippen molar-refractivity contribution in [1.29, 1.82) is 0 Å². The molecule has 0 unspecified atom stereocenters. The maximum Gasteiger partial charge on any atom is 0.338 e. The molecule has 1 N–H and O–H groups in total. The highest BCUT2D eigenvalue weighted by Gasteiger charge is 2.18. The predicted molar refractivity (Wildman–Crippen MR) is 126 cm³/mol. The van der Waals surface area contributed by atoms with Gasteiger partial charge in [-0.2, -0.15) is 0 Å². The molecule has 0 heterocycles. The molecule has 0 aliphatic carbocycles. The standard InChI is InChI=1S/C25H39N3O3/c1-2-3-4-5-6-7-8-9-10-11-12-13-17-20-24(29)23(27-28-26)21-31-25(30)22-18-15-14-16-19-22/h14-20,23-24,29H,2-13,21H2,1H3/t23-,24+/m0/s1. The molecule has 0 amide bonds. The van der Waals surface area contributed by atoms with Crippen molar-refractivity contribution >= 4 is 5.97 Å². The van der Waals surface area contributed by atoms with E-state index in [1.165, 1.54) is 64.2 Å². The summed E-state index contributed by atoms with van der Waals surface area (Å²) in [6.45, 7) is 2.08. The molecule has 31 heavy (non-hydrogen) atoms.